The van der Waals surface area contributed by atoms with Gasteiger partial charge in [0.15, 0.2) is 0 Å². The molecule has 0 aliphatic heterocycles. The summed E-state index contributed by atoms with van der Waals surface area (Å²) >= 11 is 16.9. The predicted octanol–water partition coefficient (Wildman–Crippen LogP) is 8.37. The zero-order valence-corrected chi connectivity index (χ0v) is 24.3. The number of hydrogen-bond acceptors (Lipinski definition) is 5. The van der Waals surface area contributed by atoms with Crippen molar-refractivity contribution in [3.63, 3.8) is 0 Å². The van der Waals surface area contributed by atoms with E-state index in [9.17, 15) is 0 Å². The number of thioether (sulfide) groups is 2. The smallest absolute Gasteiger partial charge is 0.136 e. The quantitative estimate of drug-likeness (QED) is 0.169. The molecule has 1 aromatic rings. The van der Waals surface area contributed by atoms with Crippen molar-refractivity contribution in [3.05, 3.63) is 21.4 Å². The van der Waals surface area contributed by atoms with Gasteiger partial charge in [-0.3, -0.25) is 0 Å². The summed E-state index contributed by atoms with van der Waals surface area (Å²) in [7, 11) is 0. The average molecular weight is 519 g/mol. The minimum atomic E-state index is 0.981. The van der Waals surface area contributed by atoms with E-state index in [2.05, 4.69) is 50.5 Å². The van der Waals surface area contributed by atoms with Crippen molar-refractivity contribution >= 4 is 67.9 Å². The lowest BCUT2D eigenvalue weighted by Crippen LogP contribution is -2.26. The van der Waals surface area contributed by atoms with Crippen LogP contribution in [0.15, 0.2) is 6.07 Å². The maximum absolute atomic E-state index is 5.68. The Labute approximate surface area is 215 Å². The highest BCUT2D eigenvalue weighted by Crippen LogP contribution is 2.32. The molecule has 0 saturated carbocycles. The van der Waals surface area contributed by atoms with E-state index in [4.69, 9.17) is 24.4 Å². The van der Waals surface area contributed by atoms with Gasteiger partial charge in [0, 0.05) is 47.4 Å². The van der Waals surface area contributed by atoms with Crippen molar-refractivity contribution in [1.82, 2.24) is 9.80 Å². The molecule has 1 rings (SSSR count). The van der Waals surface area contributed by atoms with Gasteiger partial charge in [0.1, 0.15) is 8.64 Å². The van der Waals surface area contributed by atoms with Crippen LogP contribution in [0.5, 0.6) is 0 Å². The summed E-state index contributed by atoms with van der Waals surface area (Å²) in [5.41, 5.74) is 1.54. The summed E-state index contributed by atoms with van der Waals surface area (Å²) in [6, 6.07) is 2.45. The highest BCUT2D eigenvalue weighted by molar-refractivity contribution is 8.22. The summed E-state index contributed by atoms with van der Waals surface area (Å²) in [6.07, 6.45) is 9.27. The van der Waals surface area contributed by atoms with E-state index >= 15 is 0 Å². The van der Waals surface area contributed by atoms with Crippen LogP contribution in [0, 0.1) is 0 Å². The van der Waals surface area contributed by atoms with Gasteiger partial charge in [-0.1, -0.05) is 87.0 Å². The highest BCUT2D eigenvalue weighted by Gasteiger charge is 2.14. The summed E-state index contributed by atoms with van der Waals surface area (Å²) in [6.45, 7) is 14.9. The minimum Gasteiger partial charge on any atom is -0.358 e. The molecule has 0 aliphatic carbocycles. The number of unbranched alkanes of at least 4 members (excludes halogenated alkanes) is 5. The molecule has 0 N–H and O–H groups in total. The summed E-state index contributed by atoms with van der Waals surface area (Å²) < 4.78 is 2.05. The molecule has 0 aliphatic rings. The first kappa shape index (κ1) is 29.2. The molecule has 0 amide bonds. The number of nitrogens with zero attached hydrogens (tertiary/aromatic N) is 2. The van der Waals surface area contributed by atoms with Gasteiger partial charge in [-0.2, -0.15) is 0 Å². The number of rotatable bonds is 15. The van der Waals surface area contributed by atoms with Gasteiger partial charge in [0.2, 0.25) is 0 Å². The maximum atomic E-state index is 5.68. The number of thiocarbonyl (C=S) groups is 2. The molecule has 0 spiro atoms. The predicted molar refractivity (Wildman–Crippen MR) is 155 cm³/mol. The number of thiophene rings is 1. The van der Waals surface area contributed by atoms with Crippen LogP contribution in [-0.4, -0.2) is 44.6 Å². The van der Waals surface area contributed by atoms with E-state index < -0.39 is 0 Å². The van der Waals surface area contributed by atoms with Crippen LogP contribution in [0.2, 0.25) is 0 Å². The van der Waals surface area contributed by atoms with Gasteiger partial charge in [-0.05, 0) is 52.2 Å². The molecule has 7 heteroatoms. The van der Waals surface area contributed by atoms with Gasteiger partial charge in [-0.15, -0.1) is 11.3 Å². The Kier molecular flexibility index (Phi) is 16.6. The zero-order chi connectivity index (χ0) is 23.1. The maximum Gasteiger partial charge on any atom is 0.136 e. The second-order valence-electron chi connectivity index (χ2n) is 7.63. The summed E-state index contributed by atoms with van der Waals surface area (Å²) in [5, 5.41) is 0. The Morgan fingerprint density at radius 3 is 1.84 bits per heavy atom. The Morgan fingerprint density at radius 2 is 1.29 bits per heavy atom. The Bertz CT molecular complexity index is 636. The lowest BCUT2D eigenvalue weighted by molar-refractivity contribution is 0.482. The molecule has 0 atom stereocenters. The second-order valence-corrected chi connectivity index (χ2v) is 12.1. The van der Waals surface area contributed by atoms with E-state index in [0.29, 0.717) is 0 Å². The third kappa shape index (κ3) is 11.2. The van der Waals surface area contributed by atoms with Crippen LogP contribution in [-0.2, 0) is 17.9 Å². The summed E-state index contributed by atoms with van der Waals surface area (Å²) in [5.74, 6) is 1.98. The third-order valence-corrected chi connectivity index (χ3v) is 10.1. The fraction of sp³-hybridized carbons (Fsp3) is 0.750. The highest BCUT2D eigenvalue weighted by atomic mass is 32.2. The normalized spacial score (nSPS) is 11.0. The second kappa shape index (κ2) is 17.6. The minimum absolute atomic E-state index is 0.981. The van der Waals surface area contributed by atoms with Gasteiger partial charge in [-0.25, -0.2) is 0 Å². The topological polar surface area (TPSA) is 6.48 Å². The van der Waals surface area contributed by atoms with Crippen molar-refractivity contribution in [1.29, 1.82) is 0 Å². The van der Waals surface area contributed by atoms with Gasteiger partial charge < -0.3 is 9.80 Å². The van der Waals surface area contributed by atoms with E-state index in [1.54, 1.807) is 5.56 Å². The molecule has 0 bridgehead atoms. The van der Waals surface area contributed by atoms with E-state index in [0.717, 1.165) is 46.3 Å². The van der Waals surface area contributed by atoms with Gasteiger partial charge in [0.25, 0.3) is 0 Å². The Morgan fingerprint density at radius 1 is 0.774 bits per heavy atom. The molecule has 0 fully saturated rings. The van der Waals surface area contributed by atoms with Crippen molar-refractivity contribution in [2.24, 2.45) is 0 Å². The van der Waals surface area contributed by atoms with Gasteiger partial charge >= 0.3 is 0 Å². The van der Waals surface area contributed by atoms with Crippen LogP contribution in [0.4, 0.5) is 0 Å². The molecule has 0 saturated heterocycles. The first-order valence-electron chi connectivity index (χ1n) is 11.9. The first-order valence-corrected chi connectivity index (χ1v) is 15.5. The van der Waals surface area contributed by atoms with Crippen molar-refractivity contribution in [3.8, 4) is 0 Å². The molecule has 1 heterocycles. The van der Waals surface area contributed by atoms with Crippen molar-refractivity contribution in [2.75, 3.05) is 26.2 Å². The van der Waals surface area contributed by atoms with E-state index in [1.165, 1.54) is 54.7 Å². The van der Waals surface area contributed by atoms with Gasteiger partial charge in [0.05, 0.1) is 0 Å². The number of hydrogen-bond donors (Lipinski definition) is 0. The molecule has 0 aromatic carbocycles. The zero-order valence-electron chi connectivity index (χ0n) is 20.2. The van der Waals surface area contributed by atoms with Crippen molar-refractivity contribution in [2.45, 2.75) is 91.1 Å². The average Bonchev–Trinajstić information content (AvgIpc) is 3.16. The molecular weight excluding hydrogens is 477 g/mol. The molecule has 31 heavy (non-hydrogen) atoms. The van der Waals surface area contributed by atoms with E-state index in [-0.39, 0.29) is 0 Å². The Balaban J connectivity index is 2.74. The standard InChI is InChI=1S/C24H42N2S5/c1-6-11-12-13-14-15-16-20-17-21(18-29-23(27)25(7-2)8-3)31-22(20)19-30-24(28)26(9-4)10-5/h17H,6-16,18-19H2,1-5H3. The SMILES string of the molecule is CCCCCCCCc1cc(CSC(=S)N(CC)CC)sc1CSC(=S)N(CC)CC. The molecular formula is C24H42N2S5. The number of aryl methyl sites for hydroxylation is 1. The van der Waals surface area contributed by atoms with E-state index in [1.807, 2.05) is 34.9 Å². The molecule has 0 unspecified atom stereocenters. The molecule has 178 valence electrons. The van der Waals surface area contributed by atoms with Crippen LogP contribution in [0.1, 0.15) is 88.5 Å². The lowest BCUT2D eigenvalue weighted by Gasteiger charge is -2.20. The van der Waals surface area contributed by atoms with Crippen LogP contribution in [0.3, 0.4) is 0 Å². The largest absolute Gasteiger partial charge is 0.358 e. The fourth-order valence-electron chi connectivity index (χ4n) is 3.44. The van der Waals surface area contributed by atoms with Crippen LogP contribution in [0.25, 0.3) is 0 Å². The third-order valence-electron chi connectivity index (χ3n) is 5.46. The molecule has 2 nitrogen and oxygen atoms in total. The lowest BCUT2D eigenvalue weighted by atomic mass is 10.1. The first-order chi connectivity index (χ1) is 15.0. The van der Waals surface area contributed by atoms with Crippen LogP contribution >= 0.6 is 59.3 Å². The monoisotopic (exact) mass is 518 g/mol. The molecule has 1 aromatic heterocycles. The molecule has 0 radical (unpaired) electrons. The fourth-order valence-corrected chi connectivity index (χ4v) is 7.61. The Hall–Kier alpha value is 0.180. The van der Waals surface area contributed by atoms with Crippen molar-refractivity contribution < 1.29 is 0 Å². The summed E-state index contributed by atoms with van der Waals surface area (Å²) in [4.78, 5) is 7.51. The van der Waals surface area contributed by atoms with Crippen LogP contribution < -0.4 is 0 Å².